The summed E-state index contributed by atoms with van der Waals surface area (Å²) in [6, 6.07) is 9.55. The first-order valence-corrected chi connectivity index (χ1v) is 7.09. The molecule has 1 unspecified atom stereocenters. The Balaban J connectivity index is 2.51. The van der Waals surface area contributed by atoms with Gasteiger partial charge >= 0.3 is 0 Å². The van der Waals surface area contributed by atoms with E-state index in [0.717, 1.165) is 13.1 Å². The molecule has 0 spiro atoms. The Kier molecular flexibility index (Phi) is 6.20. The molecule has 0 heterocycles. The van der Waals surface area contributed by atoms with Crippen LogP contribution in [0.15, 0.2) is 24.3 Å². The van der Waals surface area contributed by atoms with E-state index >= 15 is 0 Å². The third kappa shape index (κ3) is 4.69. The van der Waals surface area contributed by atoms with Gasteiger partial charge in [0.15, 0.2) is 0 Å². The quantitative estimate of drug-likeness (QED) is 0.792. The van der Waals surface area contributed by atoms with Crippen molar-refractivity contribution in [3.63, 3.8) is 0 Å². The fourth-order valence-corrected chi connectivity index (χ4v) is 1.94. The average molecular weight is 248 g/mol. The maximum absolute atomic E-state index is 3.44. The summed E-state index contributed by atoms with van der Waals surface area (Å²) >= 11 is 0. The maximum Gasteiger partial charge on any atom is 0.0364 e. The average Bonchev–Trinajstić information content (AvgIpc) is 2.37. The Hall–Kier alpha value is -1.02. The van der Waals surface area contributed by atoms with Crippen molar-refractivity contribution in [2.75, 3.05) is 25.0 Å². The first-order valence-electron chi connectivity index (χ1n) is 7.09. The molecule has 1 rings (SSSR count). The van der Waals surface area contributed by atoms with Crippen molar-refractivity contribution in [2.24, 2.45) is 0 Å². The smallest absolute Gasteiger partial charge is 0.0364 e. The number of rotatable bonds is 7. The lowest BCUT2D eigenvalue weighted by molar-refractivity contribution is 0.589. The second kappa shape index (κ2) is 7.42. The predicted molar refractivity (Wildman–Crippen MR) is 81.6 cm³/mol. The van der Waals surface area contributed by atoms with Gasteiger partial charge in [-0.1, -0.05) is 39.8 Å². The van der Waals surface area contributed by atoms with Crippen molar-refractivity contribution < 1.29 is 0 Å². The molecule has 0 aliphatic carbocycles. The number of hydrogen-bond donors (Lipinski definition) is 1. The Morgan fingerprint density at radius 1 is 1.11 bits per heavy atom. The summed E-state index contributed by atoms with van der Waals surface area (Å²) in [6.45, 7) is 11.0. The fraction of sp³-hybridized carbons (Fsp3) is 0.625. The van der Waals surface area contributed by atoms with E-state index < -0.39 is 0 Å². The Bertz CT molecular complexity index is 329. The van der Waals surface area contributed by atoms with E-state index in [1.54, 1.807) is 0 Å². The van der Waals surface area contributed by atoms with E-state index in [-0.39, 0.29) is 0 Å². The van der Waals surface area contributed by atoms with Crippen molar-refractivity contribution in [2.45, 2.75) is 46.1 Å². The van der Waals surface area contributed by atoms with Gasteiger partial charge in [0.05, 0.1) is 0 Å². The largest absolute Gasteiger partial charge is 0.373 e. The molecule has 1 aromatic rings. The van der Waals surface area contributed by atoms with E-state index in [0.29, 0.717) is 12.0 Å². The van der Waals surface area contributed by atoms with Crippen LogP contribution in [-0.2, 0) is 0 Å². The molecule has 2 heteroatoms. The zero-order valence-electron chi connectivity index (χ0n) is 12.5. The van der Waals surface area contributed by atoms with Crippen molar-refractivity contribution in [3.05, 3.63) is 29.8 Å². The van der Waals surface area contributed by atoms with Crippen LogP contribution in [-0.4, -0.2) is 26.2 Å². The summed E-state index contributed by atoms with van der Waals surface area (Å²) in [5, 5.41) is 3.44. The lowest BCUT2D eigenvalue weighted by atomic mass is 9.98. The van der Waals surface area contributed by atoms with E-state index in [9.17, 15) is 0 Å². The minimum absolute atomic E-state index is 0.561. The molecule has 0 amide bonds. The summed E-state index contributed by atoms with van der Waals surface area (Å²) in [7, 11) is 2.15. The molecule has 0 fully saturated rings. The highest BCUT2D eigenvalue weighted by molar-refractivity contribution is 5.47. The fourth-order valence-electron chi connectivity index (χ4n) is 1.94. The summed E-state index contributed by atoms with van der Waals surface area (Å²) in [4.78, 5) is 2.30. The van der Waals surface area contributed by atoms with Gasteiger partial charge in [-0.05, 0) is 30.0 Å². The van der Waals surface area contributed by atoms with E-state index in [1.807, 2.05) is 0 Å². The van der Waals surface area contributed by atoms with Crippen LogP contribution in [0.1, 0.15) is 45.6 Å². The molecule has 1 atom stereocenters. The zero-order valence-corrected chi connectivity index (χ0v) is 12.5. The molecule has 0 saturated heterocycles. The predicted octanol–water partition coefficient (Wildman–Crippen LogP) is 3.63. The Labute approximate surface area is 112 Å². The van der Waals surface area contributed by atoms with Gasteiger partial charge in [-0.25, -0.2) is 0 Å². The van der Waals surface area contributed by atoms with Gasteiger partial charge in [0, 0.05) is 31.9 Å². The minimum Gasteiger partial charge on any atom is -0.373 e. The van der Waals surface area contributed by atoms with Crippen LogP contribution in [0.2, 0.25) is 0 Å². The topological polar surface area (TPSA) is 15.3 Å². The van der Waals surface area contributed by atoms with Crippen LogP contribution >= 0.6 is 0 Å². The zero-order chi connectivity index (χ0) is 13.5. The number of likely N-dealkylation sites (N-methyl/N-ethyl adjacent to an activating group) is 1. The van der Waals surface area contributed by atoms with Crippen LogP contribution in [0.5, 0.6) is 0 Å². The molecule has 0 aromatic heterocycles. The van der Waals surface area contributed by atoms with Crippen LogP contribution < -0.4 is 10.2 Å². The van der Waals surface area contributed by atoms with E-state index in [2.05, 4.69) is 69.2 Å². The van der Waals surface area contributed by atoms with Crippen LogP contribution in [0.3, 0.4) is 0 Å². The molecule has 102 valence electrons. The number of nitrogens with zero attached hydrogens (tertiary/aromatic N) is 1. The first kappa shape index (κ1) is 15.0. The van der Waals surface area contributed by atoms with Crippen molar-refractivity contribution in [3.8, 4) is 0 Å². The van der Waals surface area contributed by atoms with Gasteiger partial charge in [-0.3, -0.25) is 0 Å². The normalized spacial score (nSPS) is 12.8. The van der Waals surface area contributed by atoms with Gasteiger partial charge < -0.3 is 10.2 Å². The molecule has 0 bridgehead atoms. The number of benzene rings is 1. The van der Waals surface area contributed by atoms with Crippen LogP contribution in [0, 0.1) is 0 Å². The standard InChI is InChI=1S/C16H28N2/c1-6-14(4)15-7-9-16(10-8-15)18(5)12-11-17-13(2)3/h7-10,13-14,17H,6,11-12H2,1-5H3. The summed E-state index contributed by atoms with van der Waals surface area (Å²) < 4.78 is 0. The third-order valence-corrected chi connectivity index (χ3v) is 3.52. The van der Waals surface area contributed by atoms with E-state index in [4.69, 9.17) is 0 Å². The van der Waals surface area contributed by atoms with Crippen molar-refractivity contribution in [1.82, 2.24) is 5.32 Å². The third-order valence-electron chi connectivity index (χ3n) is 3.52. The van der Waals surface area contributed by atoms with Crippen LogP contribution in [0.25, 0.3) is 0 Å². The maximum atomic E-state index is 3.44. The highest BCUT2D eigenvalue weighted by Gasteiger charge is 2.04. The van der Waals surface area contributed by atoms with Gasteiger partial charge in [0.25, 0.3) is 0 Å². The number of hydrogen-bond acceptors (Lipinski definition) is 2. The second-order valence-electron chi connectivity index (χ2n) is 5.43. The molecule has 0 aliphatic rings. The second-order valence-corrected chi connectivity index (χ2v) is 5.43. The summed E-state index contributed by atoms with van der Waals surface area (Å²) in [5.41, 5.74) is 2.74. The van der Waals surface area contributed by atoms with Gasteiger partial charge in [0.2, 0.25) is 0 Å². The lowest BCUT2D eigenvalue weighted by Crippen LogP contribution is -2.32. The molecule has 0 aliphatic heterocycles. The highest BCUT2D eigenvalue weighted by atomic mass is 15.1. The Morgan fingerprint density at radius 3 is 2.22 bits per heavy atom. The highest BCUT2D eigenvalue weighted by Crippen LogP contribution is 2.21. The minimum atomic E-state index is 0.561. The monoisotopic (exact) mass is 248 g/mol. The molecule has 2 nitrogen and oxygen atoms in total. The van der Waals surface area contributed by atoms with Gasteiger partial charge in [-0.2, -0.15) is 0 Å². The van der Waals surface area contributed by atoms with Gasteiger partial charge in [0.1, 0.15) is 0 Å². The number of nitrogens with one attached hydrogen (secondary N) is 1. The number of anilines is 1. The molecule has 1 aromatic carbocycles. The molecule has 0 radical (unpaired) electrons. The van der Waals surface area contributed by atoms with Gasteiger partial charge in [-0.15, -0.1) is 0 Å². The van der Waals surface area contributed by atoms with E-state index in [1.165, 1.54) is 17.7 Å². The summed E-state index contributed by atoms with van der Waals surface area (Å²) in [5.74, 6) is 0.659. The molecular formula is C16H28N2. The van der Waals surface area contributed by atoms with Crippen molar-refractivity contribution in [1.29, 1.82) is 0 Å². The molecular weight excluding hydrogens is 220 g/mol. The SMILES string of the molecule is CCC(C)c1ccc(N(C)CCNC(C)C)cc1. The Morgan fingerprint density at radius 2 is 1.72 bits per heavy atom. The molecule has 18 heavy (non-hydrogen) atoms. The first-order chi connectivity index (χ1) is 8.54. The van der Waals surface area contributed by atoms with Crippen LogP contribution in [0.4, 0.5) is 5.69 Å². The lowest BCUT2D eigenvalue weighted by Gasteiger charge is -2.21. The summed E-state index contributed by atoms with van der Waals surface area (Å²) in [6.07, 6.45) is 1.20. The molecule has 0 saturated carbocycles. The molecule has 1 N–H and O–H groups in total. The van der Waals surface area contributed by atoms with Crippen molar-refractivity contribution >= 4 is 5.69 Å².